The van der Waals surface area contributed by atoms with Gasteiger partial charge in [-0.25, -0.2) is 9.59 Å². The maximum atomic E-state index is 13.8. The molecular weight excluding hydrogens is 1130 g/mol. The van der Waals surface area contributed by atoms with E-state index in [1.165, 1.54) is 19.3 Å². The first-order valence-electron chi connectivity index (χ1n) is 30.7. The molecule has 27 atom stereocenters. The summed E-state index contributed by atoms with van der Waals surface area (Å²) in [5.41, 5.74) is -0.00680. The highest BCUT2D eigenvalue weighted by molar-refractivity contribution is 5.91. The highest BCUT2D eigenvalue weighted by atomic mass is 16.7. The Bertz CT molecular complexity index is 2340. The molecule has 5 rings (SSSR count). The predicted octanol–water partition coefficient (Wildman–Crippen LogP) is 3.01. The number of carbonyl (C=O) groups excluding carboxylic acids is 4. The molecule has 0 radical (unpaired) electrons. The minimum Gasteiger partial charge on any atom is -0.504 e. The van der Waals surface area contributed by atoms with Gasteiger partial charge in [0.15, 0.2) is 17.8 Å². The van der Waals surface area contributed by atoms with E-state index in [-0.39, 0.29) is 69.3 Å². The van der Waals surface area contributed by atoms with Crippen molar-refractivity contribution >= 4 is 23.7 Å². The van der Waals surface area contributed by atoms with Gasteiger partial charge in [-0.15, -0.1) is 0 Å². The molecule has 0 aromatic heterocycles. The molecule has 4 aliphatic rings. The summed E-state index contributed by atoms with van der Waals surface area (Å²) in [4.78, 5) is 53.0. The summed E-state index contributed by atoms with van der Waals surface area (Å²) < 4.78 is 47.5. The van der Waals surface area contributed by atoms with Crippen LogP contribution in [0.25, 0.3) is 0 Å². The number of hydrogen-bond acceptors (Lipinski definition) is 24. The van der Waals surface area contributed by atoms with Gasteiger partial charge in [0, 0.05) is 81.8 Å². The third-order valence-corrected chi connectivity index (χ3v) is 18.4. The second kappa shape index (κ2) is 32.7. The van der Waals surface area contributed by atoms with Crippen LogP contribution in [0.2, 0.25) is 0 Å². The zero-order valence-electron chi connectivity index (χ0n) is 51.6. The maximum Gasteiger partial charge on any atom is 0.338 e. The number of phenols is 2. The Balaban J connectivity index is 1.32. The summed E-state index contributed by atoms with van der Waals surface area (Å²) in [6.45, 7) is 16.5. The standard InChI is InChI=1S/C62H100O24/c1-12-48(82-51-28-49(57(79-11)36(9)80-51)83-61(77)38-20-21-42(65)46(69)23-38)32(5)53(73)33(6)54(74)34(7)55-35(8)56-58(85-56)43(66)18-14-17-39(64)24-40(81-37(10)63)25-41-26-47(70)59(75)62(78,86-41)60(76)52(72)31(4)16-13-15-29(2)44(67)27-45(68)30(3)19-22-50(71)84-55/h19-23,29-36,39-41,43-45,47-49,51-59,64-70,72-75,78H,12-18,24-28H2,1-11H3/b22-19+. The number of esters is 3. The summed E-state index contributed by atoms with van der Waals surface area (Å²) in [6, 6.07) is 3.55. The van der Waals surface area contributed by atoms with Crippen LogP contribution in [-0.4, -0.2) is 214 Å². The molecule has 0 saturated carbocycles. The minimum atomic E-state index is -3.04. The fraction of sp³-hybridized carbons (Fsp3) is 0.806. The highest BCUT2D eigenvalue weighted by Gasteiger charge is 2.56. The van der Waals surface area contributed by atoms with Crippen molar-refractivity contribution in [3.8, 4) is 11.5 Å². The van der Waals surface area contributed by atoms with Crippen molar-refractivity contribution < 1.29 is 118 Å². The zero-order valence-corrected chi connectivity index (χ0v) is 51.6. The number of carbonyl (C=O) groups is 4. The van der Waals surface area contributed by atoms with Gasteiger partial charge in [0.05, 0.1) is 72.7 Å². The van der Waals surface area contributed by atoms with Crippen molar-refractivity contribution in [2.24, 2.45) is 41.4 Å². The van der Waals surface area contributed by atoms with Crippen molar-refractivity contribution in [2.75, 3.05) is 7.11 Å². The van der Waals surface area contributed by atoms with Crippen LogP contribution in [-0.2, 0) is 52.3 Å². The second-order valence-corrected chi connectivity index (χ2v) is 25.1. The fourth-order valence-corrected chi connectivity index (χ4v) is 12.6. The van der Waals surface area contributed by atoms with Crippen LogP contribution < -0.4 is 0 Å². The number of aromatic hydroxyl groups is 2. The number of aliphatic hydroxyl groups excluding tert-OH is 9. The smallest absolute Gasteiger partial charge is 0.338 e. The first kappa shape index (κ1) is 72.8. The molecule has 2 bridgehead atoms. The summed E-state index contributed by atoms with van der Waals surface area (Å²) in [5, 5.41) is 133. The molecule has 0 amide bonds. The lowest BCUT2D eigenvalue weighted by Crippen LogP contribution is -2.65. The SMILES string of the molecule is CCC(OC1CC(OC(=O)c2ccc(O)c(O)c2)C(OC)C(C)O1)C(C)C(O)C(C)C(O)C(C)C1OC(=O)/C=C/C(C)C(O)CC(O)C(C)CCCC(C)C(O)C(=O)C2(O)OC(CC(OC(C)=O)CC(O)CCCC(O)C3OC3C1C)CC(O)C2O. The fourth-order valence-electron chi connectivity index (χ4n) is 12.6. The molecule has 0 spiro atoms. The van der Waals surface area contributed by atoms with E-state index >= 15 is 0 Å². The Morgan fingerprint density at radius 3 is 2.05 bits per heavy atom. The number of epoxide rings is 1. The lowest BCUT2D eigenvalue weighted by molar-refractivity contribution is -0.309. The van der Waals surface area contributed by atoms with Crippen molar-refractivity contribution in [2.45, 2.75) is 268 Å². The Kier molecular flexibility index (Phi) is 27.7. The molecule has 27 unspecified atom stereocenters. The van der Waals surface area contributed by atoms with E-state index in [0.29, 0.717) is 19.3 Å². The number of ether oxygens (including phenoxy) is 8. The van der Waals surface area contributed by atoms with Gasteiger partial charge < -0.3 is 99.2 Å². The summed E-state index contributed by atoms with van der Waals surface area (Å²) in [7, 11) is 1.45. The van der Waals surface area contributed by atoms with E-state index in [0.717, 1.165) is 25.1 Å². The number of Topliss-reactive ketones (excluding diaryl/α,β-unsaturated/α-hetero) is 1. The topological polar surface area (TPSA) is 388 Å². The van der Waals surface area contributed by atoms with Crippen LogP contribution in [0, 0.1) is 41.4 Å². The molecule has 4 heterocycles. The summed E-state index contributed by atoms with van der Waals surface area (Å²) in [5.74, 6) is -12.4. The van der Waals surface area contributed by atoms with Gasteiger partial charge in [-0.05, 0) is 75.5 Å². The minimum absolute atomic E-state index is 0.00680. The summed E-state index contributed by atoms with van der Waals surface area (Å²) in [6.07, 6.45) is -17.3. The average molecular weight is 1230 g/mol. The number of aliphatic hydroxyl groups is 10. The quantitative estimate of drug-likeness (QED) is 0.0584. The van der Waals surface area contributed by atoms with Crippen LogP contribution in [0.15, 0.2) is 30.4 Å². The van der Waals surface area contributed by atoms with E-state index in [2.05, 4.69) is 0 Å². The number of benzene rings is 1. The van der Waals surface area contributed by atoms with Gasteiger partial charge in [-0.3, -0.25) is 9.59 Å². The first-order valence-corrected chi connectivity index (χ1v) is 30.7. The normalized spacial score (nSPS) is 39.6. The third-order valence-electron chi connectivity index (χ3n) is 18.4. The third kappa shape index (κ3) is 19.3. The van der Waals surface area contributed by atoms with Crippen molar-refractivity contribution in [1.29, 1.82) is 0 Å². The van der Waals surface area contributed by atoms with E-state index < -0.39 is 193 Å². The van der Waals surface area contributed by atoms with Gasteiger partial charge in [0.25, 0.3) is 5.79 Å². The van der Waals surface area contributed by atoms with Crippen LogP contribution in [0.3, 0.4) is 0 Å². The molecule has 86 heavy (non-hydrogen) atoms. The largest absolute Gasteiger partial charge is 0.504 e. The highest BCUT2D eigenvalue weighted by Crippen LogP contribution is 2.41. The monoisotopic (exact) mass is 1230 g/mol. The molecule has 24 nitrogen and oxygen atoms in total. The van der Waals surface area contributed by atoms with Crippen LogP contribution >= 0.6 is 0 Å². The number of rotatable bonds is 13. The van der Waals surface area contributed by atoms with Crippen LogP contribution in [0.4, 0.5) is 0 Å². The van der Waals surface area contributed by atoms with Gasteiger partial charge in [0.2, 0.25) is 5.78 Å². The first-order chi connectivity index (χ1) is 40.3. The number of fused-ring (bicyclic) bond motifs is 3. The molecule has 3 fully saturated rings. The molecule has 492 valence electrons. The van der Waals surface area contributed by atoms with E-state index in [1.54, 1.807) is 55.4 Å². The zero-order chi connectivity index (χ0) is 64.2. The van der Waals surface area contributed by atoms with Gasteiger partial charge in [-0.2, -0.15) is 0 Å². The van der Waals surface area contributed by atoms with Gasteiger partial charge in [-0.1, -0.05) is 67.9 Å². The van der Waals surface area contributed by atoms with Crippen molar-refractivity contribution in [3.05, 3.63) is 35.9 Å². The molecule has 4 aliphatic heterocycles. The Morgan fingerprint density at radius 1 is 0.744 bits per heavy atom. The summed E-state index contributed by atoms with van der Waals surface area (Å²) >= 11 is 0. The van der Waals surface area contributed by atoms with Crippen molar-refractivity contribution in [3.63, 3.8) is 0 Å². The van der Waals surface area contributed by atoms with Crippen LogP contribution in [0.1, 0.15) is 157 Å². The Hall–Kier alpha value is -3.96. The number of phenolic OH excluding ortho intramolecular Hbond substituents is 2. The van der Waals surface area contributed by atoms with Gasteiger partial charge >= 0.3 is 17.9 Å². The van der Waals surface area contributed by atoms with Crippen molar-refractivity contribution in [1.82, 2.24) is 0 Å². The van der Waals surface area contributed by atoms with E-state index in [4.69, 9.17) is 37.9 Å². The lowest BCUT2D eigenvalue weighted by Gasteiger charge is -2.44. The Morgan fingerprint density at radius 2 is 1.41 bits per heavy atom. The van der Waals surface area contributed by atoms with Gasteiger partial charge in [0.1, 0.15) is 42.7 Å². The molecular formula is C62H100O24. The molecule has 1 aromatic rings. The van der Waals surface area contributed by atoms with Crippen LogP contribution in [0.5, 0.6) is 11.5 Å². The van der Waals surface area contributed by atoms with E-state index in [1.807, 2.05) is 6.92 Å². The molecule has 12 N–H and O–H groups in total. The van der Waals surface area contributed by atoms with E-state index in [9.17, 15) is 80.5 Å². The predicted molar refractivity (Wildman–Crippen MR) is 306 cm³/mol. The molecule has 1 aromatic carbocycles. The molecule has 0 aliphatic carbocycles. The number of cyclic esters (lactones) is 1. The number of ketones is 1. The average Bonchev–Trinajstić information content (AvgIpc) is 2.13. The lowest BCUT2D eigenvalue weighted by atomic mass is 9.77. The number of hydrogen-bond donors (Lipinski definition) is 12. The Labute approximate surface area is 504 Å². The second-order valence-electron chi connectivity index (χ2n) is 25.1. The molecule has 24 heteroatoms. The number of methoxy groups -OCH3 is 1. The maximum absolute atomic E-state index is 13.8. The molecule has 3 saturated heterocycles.